The van der Waals surface area contributed by atoms with Crippen LogP contribution in [0.15, 0.2) is 267 Å². The Morgan fingerprint density at radius 2 is 0.620 bits per heavy atom. The fourth-order valence-electron chi connectivity index (χ4n) is 13.6. The third-order valence-electron chi connectivity index (χ3n) is 19.4. The maximum absolute atomic E-state index is 6.30. The Hall–Kier alpha value is -9.89. The van der Waals surface area contributed by atoms with Gasteiger partial charge in [-0.15, -0.1) is 0 Å². The van der Waals surface area contributed by atoms with Crippen molar-refractivity contribution < 1.29 is 9.31 Å². The molecule has 0 unspecified atom stereocenters. The number of benzene rings is 12. The van der Waals surface area contributed by atoms with E-state index in [1.165, 1.54) is 71.6 Å². The predicted octanol–water partition coefficient (Wildman–Crippen LogP) is 21.2. The van der Waals surface area contributed by atoms with Crippen molar-refractivity contribution in [1.82, 2.24) is 19.9 Å². The summed E-state index contributed by atoms with van der Waals surface area (Å²) in [7, 11) is -0.325. The molecule has 2 aromatic heterocycles. The molecule has 0 saturated carbocycles. The number of hydrogen-bond acceptors (Lipinski definition) is 6. The van der Waals surface area contributed by atoms with Crippen LogP contribution in [-0.4, -0.2) is 38.3 Å². The van der Waals surface area contributed by atoms with Gasteiger partial charge in [0.25, 0.3) is 0 Å². The van der Waals surface area contributed by atoms with Crippen LogP contribution in [0.5, 0.6) is 0 Å². The summed E-state index contributed by atoms with van der Waals surface area (Å²) in [5, 5.41) is 5.84. The van der Waals surface area contributed by atoms with Gasteiger partial charge in [0.05, 0.1) is 56.0 Å². The lowest BCUT2D eigenvalue weighted by atomic mass is 9.74. The maximum atomic E-state index is 6.30. The average Bonchev–Trinajstić information content (AvgIpc) is 1.55. The normalized spacial score (nSPS) is 15.0. The summed E-state index contributed by atoms with van der Waals surface area (Å²) in [6.45, 7) is 17.7. The first-order valence-electron chi connectivity index (χ1n) is 31.7. The quantitative estimate of drug-likeness (QED) is 0.155. The van der Waals surface area contributed by atoms with Crippen molar-refractivity contribution in [3.8, 4) is 78.4 Å². The van der Waals surface area contributed by atoms with E-state index in [1.807, 2.05) is 78.9 Å². The Kier molecular flexibility index (Phi) is 14.5. The first-order valence-corrected chi connectivity index (χ1v) is 32.1. The van der Waals surface area contributed by atoms with E-state index in [9.17, 15) is 0 Å². The van der Waals surface area contributed by atoms with Gasteiger partial charge in [-0.05, 0) is 171 Å². The molecule has 446 valence electrons. The van der Waals surface area contributed by atoms with Crippen LogP contribution >= 0.6 is 11.6 Å². The Balaban J connectivity index is 0.000000120. The Bertz CT molecular complexity index is 5170. The minimum atomic E-state index is -0.327. The molecule has 3 aliphatic rings. The van der Waals surface area contributed by atoms with Gasteiger partial charge in [0.15, 0.2) is 0 Å². The maximum Gasteiger partial charge on any atom is 0.494 e. The van der Waals surface area contributed by atoms with Gasteiger partial charge < -0.3 is 9.31 Å². The smallest absolute Gasteiger partial charge is 0.399 e. The predicted molar refractivity (Wildman–Crippen MR) is 384 cm³/mol. The molecule has 0 amide bonds. The molecule has 2 aliphatic carbocycles. The number of rotatable bonds is 6. The summed E-state index contributed by atoms with van der Waals surface area (Å²) in [4.78, 5) is 20.0. The number of aromatic nitrogens is 4. The fraction of sp³-hybridized carbons (Fsp3) is 0.143. The molecular formula is C84H68BClN4O2. The molecule has 1 aliphatic heterocycles. The van der Waals surface area contributed by atoms with E-state index in [-0.39, 0.29) is 29.2 Å². The Morgan fingerprint density at radius 3 is 1.07 bits per heavy atom. The van der Waals surface area contributed by atoms with Crippen LogP contribution in [0.25, 0.3) is 122 Å². The van der Waals surface area contributed by atoms with Crippen LogP contribution in [0, 0.1) is 0 Å². The highest BCUT2D eigenvalue weighted by Crippen LogP contribution is 2.52. The Labute approximate surface area is 543 Å². The Morgan fingerprint density at radius 1 is 0.283 bits per heavy atom. The third-order valence-corrected chi connectivity index (χ3v) is 19.7. The summed E-state index contributed by atoms with van der Waals surface area (Å²) >= 11 is 6.11. The zero-order valence-corrected chi connectivity index (χ0v) is 53.7. The summed E-state index contributed by atoms with van der Waals surface area (Å²) in [5.41, 5.74) is 24.8. The van der Waals surface area contributed by atoms with E-state index in [0.29, 0.717) is 5.02 Å². The van der Waals surface area contributed by atoms with Crippen LogP contribution < -0.4 is 5.46 Å². The molecule has 1 fully saturated rings. The van der Waals surface area contributed by atoms with Crippen LogP contribution in [0.1, 0.15) is 77.6 Å². The zero-order chi connectivity index (χ0) is 63.1. The lowest BCUT2D eigenvalue weighted by Crippen LogP contribution is -2.41. The van der Waals surface area contributed by atoms with Crippen molar-refractivity contribution in [2.24, 2.45) is 0 Å². The van der Waals surface area contributed by atoms with Crippen molar-refractivity contribution in [3.63, 3.8) is 0 Å². The summed E-state index contributed by atoms with van der Waals surface area (Å²) in [6, 6.07) is 93.4. The average molecular weight is 1210 g/mol. The number of hydrogen-bond donors (Lipinski definition) is 0. The molecule has 14 aromatic rings. The highest BCUT2D eigenvalue weighted by Gasteiger charge is 2.52. The van der Waals surface area contributed by atoms with E-state index in [1.54, 1.807) is 0 Å². The van der Waals surface area contributed by atoms with Gasteiger partial charge in [-0.2, -0.15) is 0 Å². The lowest BCUT2D eigenvalue weighted by Gasteiger charge is -2.32. The fourth-order valence-corrected chi connectivity index (χ4v) is 13.8. The van der Waals surface area contributed by atoms with Crippen LogP contribution in [-0.2, 0) is 20.1 Å². The summed E-state index contributed by atoms with van der Waals surface area (Å²) in [6.07, 6.45) is 0. The standard InChI is InChI=1S/C39H28N2.C25H27BO2.C20H13ClN2/c1-39(2)33-23-29(17-19-31(33)32-21-27-15-9-10-16-28(27)22-34(32)39)30-18-20-35-36(24-30)41-38(26-13-7-4-8-14-26)37(40-35)25-11-5-3-6-12-25;1-23(2)21-14-17-10-8-7-9-16(17)13-20(21)19-12-11-18(15-22(19)23)26-27-24(3,4)25(5,6)28-26;21-16-11-12-17-18(13-16)23-20(15-9-5-2-6-10-15)19(22-17)14-7-3-1-4-8-14/h3-24H,1-2H3;7-15H,1-6H3;1-13H. The molecular weight excluding hydrogens is 1140 g/mol. The second-order valence-corrected chi connectivity index (χ2v) is 27.0. The topological polar surface area (TPSA) is 70.0 Å². The lowest BCUT2D eigenvalue weighted by molar-refractivity contribution is 0.00578. The molecule has 0 bridgehead atoms. The second-order valence-electron chi connectivity index (χ2n) is 26.5. The monoisotopic (exact) mass is 1210 g/mol. The van der Waals surface area contributed by atoms with Gasteiger partial charge in [0.1, 0.15) is 0 Å². The first kappa shape index (κ1) is 58.5. The number of fused-ring (bicyclic) bond motifs is 10. The molecule has 92 heavy (non-hydrogen) atoms. The van der Waals surface area contributed by atoms with Crippen LogP contribution in [0.2, 0.25) is 5.02 Å². The minimum Gasteiger partial charge on any atom is -0.399 e. The van der Waals surface area contributed by atoms with Crippen molar-refractivity contribution in [1.29, 1.82) is 0 Å². The van der Waals surface area contributed by atoms with E-state index < -0.39 is 0 Å². The van der Waals surface area contributed by atoms with E-state index >= 15 is 0 Å². The van der Waals surface area contributed by atoms with Crippen molar-refractivity contribution >= 4 is 67.8 Å². The largest absolute Gasteiger partial charge is 0.494 e. The molecule has 6 nitrogen and oxygen atoms in total. The van der Waals surface area contributed by atoms with E-state index in [2.05, 4.69) is 243 Å². The third kappa shape index (κ3) is 10.4. The van der Waals surface area contributed by atoms with Gasteiger partial charge in [0.2, 0.25) is 0 Å². The first-order chi connectivity index (χ1) is 44.5. The van der Waals surface area contributed by atoms with Crippen LogP contribution in [0.4, 0.5) is 0 Å². The van der Waals surface area contributed by atoms with Crippen molar-refractivity contribution in [2.45, 2.75) is 77.4 Å². The number of nitrogens with zero attached hydrogens (tertiary/aromatic N) is 4. The van der Waals surface area contributed by atoms with Crippen molar-refractivity contribution in [2.75, 3.05) is 0 Å². The highest BCUT2D eigenvalue weighted by molar-refractivity contribution is 6.62. The van der Waals surface area contributed by atoms with E-state index in [0.717, 1.165) is 78.1 Å². The molecule has 0 atom stereocenters. The van der Waals surface area contributed by atoms with Crippen molar-refractivity contribution in [3.05, 3.63) is 294 Å². The summed E-state index contributed by atoms with van der Waals surface area (Å²) in [5.74, 6) is 0. The molecule has 8 heteroatoms. The van der Waals surface area contributed by atoms with E-state index in [4.69, 9.17) is 40.8 Å². The highest BCUT2D eigenvalue weighted by atomic mass is 35.5. The molecule has 0 N–H and O–H groups in total. The number of halogens is 1. The zero-order valence-electron chi connectivity index (χ0n) is 53.0. The minimum absolute atomic E-state index is 0.0473. The molecule has 0 spiro atoms. The van der Waals surface area contributed by atoms with Gasteiger partial charge in [-0.3, -0.25) is 0 Å². The summed E-state index contributed by atoms with van der Waals surface area (Å²) < 4.78 is 12.6. The van der Waals surface area contributed by atoms with Gasteiger partial charge in [0, 0.05) is 38.1 Å². The SMILES string of the molecule is CC1(C)c2cc(-c3ccc4nc(-c5ccccc5)c(-c5ccccc5)nc4c3)ccc2-c2cc3ccccc3cc21.CC1(C)c2cc(B3OC(C)(C)C(C)(C)O3)ccc2-c2cc3ccccc3cc21.Clc1ccc2nc(-c3ccccc3)c(-c3ccccc3)nc2c1. The molecule has 17 rings (SSSR count). The molecule has 0 radical (unpaired) electrons. The second kappa shape index (κ2) is 22.8. The molecule has 12 aromatic carbocycles. The van der Waals surface area contributed by atoms with Gasteiger partial charge in [-0.1, -0.05) is 246 Å². The molecule has 3 heterocycles. The van der Waals surface area contributed by atoms with Gasteiger partial charge >= 0.3 is 7.12 Å². The van der Waals surface area contributed by atoms with Gasteiger partial charge in [-0.25, -0.2) is 19.9 Å². The van der Waals surface area contributed by atoms with Crippen LogP contribution in [0.3, 0.4) is 0 Å². The molecule has 1 saturated heterocycles.